The van der Waals surface area contributed by atoms with Crippen LogP contribution in [0.2, 0.25) is 10.0 Å². The Bertz CT molecular complexity index is 391. The van der Waals surface area contributed by atoms with Gasteiger partial charge in [0.1, 0.15) is 0 Å². The summed E-state index contributed by atoms with van der Waals surface area (Å²) in [5, 5.41) is 14.0. The maximum atomic E-state index is 9.77. The third-order valence-corrected chi connectivity index (χ3v) is 2.73. The number of hydrogen-bond acceptors (Lipinski definition) is 3. The van der Waals surface area contributed by atoms with E-state index >= 15 is 0 Å². The molecule has 0 fully saturated rings. The van der Waals surface area contributed by atoms with Gasteiger partial charge in [-0.15, -0.1) is 0 Å². The fraction of sp³-hybridized carbons (Fsp3) is 0.538. The van der Waals surface area contributed by atoms with Crippen LogP contribution >= 0.6 is 23.2 Å². The van der Waals surface area contributed by atoms with Crippen LogP contribution in [0.5, 0.6) is 0 Å². The molecule has 3 nitrogen and oxygen atoms in total. The van der Waals surface area contributed by atoms with Crippen LogP contribution in [0.4, 0.5) is 5.69 Å². The monoisotopic (exact) mass is 291 g/mol. The van der Waals surface area contributed by atoms with Crippen molar-refractivity contribution in [3.63, 3.8) is 0 Å². The lowest BCUT2D eigenvalue weighted by atomic mass is 10.2. The summed E-state index contributed by atoms with van der Waals surface area (Å²) >= 11 is 11.9. The minimum absolute atomic E-state index is 0.255. The molecule has 1 aromatic carbocycles. The SMILES string of the molecule is CC(C)(C)OCC(O)CNc1cc(Cl)ccc1Cl. The second kappa shape index (κ2) is 6.62. The molecule has 0 aliphatic carbocycles. The summed E-state index contributed by atoms with van der Waals surface area (Å²) in [6.45, 7) is 6.47. The van der Waals surface area contributed by atoms with Crippen LogP contribution in [0.25, 0.3) is 0 Å². The summed E-state index contributed by atoms with van der Waals surface area (Å²) in [5.74, 6) is 0. The molecule has 0 saturated heterocycles. The first kappa shape index (κ1) is 15.6. The Balaban J connectivity index is 2.42. The molecular weight excluding hydrogens is 273 g/mol. The minimum Gasteiger partial charge on any atom is -0.389 e. The largest absolute Gasteiger partial charge is 0.389 e. The van der Waals surface area contributed by atoms with E-state index in [0.717, 1.165) is 0 Å². The van der Waals surface area contributed by atoms with Crippen molar-refractivity contribution in [2.24, 2.45) is 0 Å². The zero-order chi connectivity index (χ0) is 13.8. The van der Waals surface area contributed by atoms with Crippen LogP contribution in [0.3, 0.4) is 0 Å². The summed E-state index contributed by atoms with van der Waals surface area (Å²) in [4.78, 5) is 0. The second-order valence-corrected chi connectivity index (χ2v) is 5.93. The Morgan fingerprint density at radius 2 is 2.00 bits per heavy atom. The van der Waals surface area contributed by atoms with Gasteiger partial charge in [-0.05, 0) is 39.0 Å². The number of aliphatic hydroxyl groups excluding tert-OH is 1. The normalized spacial score (nSPS) is 13.4. The van der Waals surface area contributed by atoms with Crippen LogP contribution in [-0.2, 0) is 4.74 Å². The number of halogens is 2. The predicted octanol–water partition coefficient (Wildman–Crippen LogP) is 3.58. The molecule has 1 rings (SSSR count). The molecule has 0 amide bonds. The van der Waals surface area contributed by atoms with Gasteiger partial charge < -0.3 is 15.2 Å². The van der Waals surface area contributed by atoms with E-state index in [4.69, 9.17) is 27.9 Å². The summed E-state index contributed by atoms with van der Waals surface area (Å²) < 4.78 is 5.48. The van der Waals surface area contributed by atoms with Gasteiger partial charge in [0.05, 0.1) is 29.0 Å². The summed E-state index contributed by atoms with van der Waals surface area (Å²) in [6.07, 6.45) is -0.598. The second-order valence-electron chi connectivity index (χ2n) is 5.08. The Morgan fingerprint density at radius 3 is 2.61 bits per heavy atom. The van der Waals surface area contributed by atoms with E-state index in [1.807, 2.05) is 20.8 Å². The Labute approximate surface area is 118 Å². The molecule has 0 aliphatic heterocycles. The summed E-state index contributed by atoms with van der Waals surface area (Å²) in [6, 6.07) is 5.15. The molecule has 0 spiro atoms. The molecule has 102 valence electrons. The maximum Gasteiger partial charge on any atom is 0.0945 e. The quantitative estimate of drug-likeness (QED) is 0.871. The van der Waals surface area contributed by atoms with Gasteiger partial charge in [0.25, 0.3) is 0 Å². The zero-order valence-corrected chi connectivity index (χ0v) is 12.3. The first-order valence-corrected chi connectivity index (χ1v) is 6.54. The number of rotatable bonds is 5. The lowest BCUT2D eigenvalue weighted by molar-refractivity contribution is -0.0449. The van der Waals surface area contributed by atoms with E-state index in [1.54, 1.807) is 18.2 Å². The van der Waals surface area contributed by atoms with Gasteiger partial charge in [-0.25, -0.2) is 0 Å². The minimum atomic E-state index is -0.598. The number of ether oxygens (including phenoxy) is 1. The van der Waals surface area contributed by atoms with E-state index in [1.165, 1.54) is 0 Å². The highest BCUT2D eigenvalue weighted by Gasteiger charge is 2.13. The lowest BCUT2D eigenvalue weighted by Gasteiger charge is -2.22. The fourth-order valence-corrected chi connectivity index (χ4v) is 1.62. The zero-order valence-electron chi connectivity index (χ0n) is 10.8. The molecule has 1 unspecified atom stereocenters. The van der Waals surface area contributed by atoms with Crippen molar-refractivity contribution in [1.29, 1.82) is 0 Å². The van der Waals surface area contributed by atoms with Crippen LogP contribution in [0.1, 0.15) is 20.8 Å². The summed E-state index contributed by atoms with van der Waals surface area (Å²) in [7, 11) is 0. The molecule has 0 radical (unpaired) electrons. The fourth-order valence-electron chi connectivity index (χ4n) is 1.27. The average Bonchev–Trinajstić information content (AvgIpc) is 2.26. The third-order valence-electron chi connectivity index (χ3n) is 2.17. The van der Waals surface area contributed by atoms with Gasteiger partial charge in [0.2, 0.25) is 0 Å². The van der Waals surface area contributed by atoms with Crippen molar-refractivity contribution < 1.29 is 9.84 Å². The molecule has 5 heteroatoms. The van der Waals surface area contributed by atoms with Crippen molar-refractivity contribution in [1.82, 2.24) is 0 Å². The highest BCUT2D eigenvalue weighted by atomic mass is 35.5. The van der Waals surface area contributed by atoms with Crippen molar-refractivity contribution in [3.8, 4) is 0 Å². The first-order valence-electron chi connectivity index (χ1n) is 5.79. The molecule has 0 saturated carbocycles. The molecule has 2 N–H and O–H groups in total. The van der Waals surface area contributed by atoms with Crippen LogP contribution in [0, 0.1) is 0 Å². The number of benzene rings is 1. The van der Waals surface area contributed by atoms with Crippen molar-refractivity contribution in [2.75, 3.05) is 18.5 Å². The van der Waals surface area contributed by atoms with Gasteiger partial charge in [0, 0.05) is 11.6 Å². The molecule has 0 aromatic heterocycles. The van der Waals surface area contributed by atoms with E-state index in [2.05, 4.69) is 5.32 Å². The van der Waals surface area contributed by atoms with Crippen molar-refractivity contribution in [2.45, 2.75) is 32.5 Å². The standard InChI is InChI=1S/C13H19Cl2NO2/c1-13(2,3)18-8-10(17)7-16-12-6-9(14)4-5-11(12)15/h4-6,10,16-17H,7-8H2,1-3H3. The Kier molecular flexibility index (Phi) is 5.73. The molecule has 18 heavy (non-hydrogen) atoms. The molecule has 0 bridgehead atoms. The van der Waals surface area contributed by atoms with Crippen LogP contribution in [-0.4, -0.2) is 30.0 Å². The molecule has 0 heterocycles. The number of anilines is 1. The first-order chi connectivity index (χ1) is 8.28. The smallest absolute Gasteiger partial charge is 0.0945 e. The van der Waals surface area contributed by atoms with Gasteiger partial charge in [0.15, 0.2) is 0 Å². The van der Waals surface area contributed by atoms with E-state index in [9.17, 15) is 5.11 Å². The Hall–Kier alpha value is -0.480. The number of aliphatic hydroxyl groups is 1. The van der Waals surface area contributed by atoms with Gasteiger partial charge in [-0.2, -0.15) is 0 Å². The molecular formula is C13H19Cl2NO2. The van der Waals surface area contributed by atoms with E-state index in [0.29, 0.717) is 22.3 Å². The summed E-state index contributed by atoms with van der Waals surface area (Å²) in [5.41, 5.74) is 0.452. The lowest BCUT2D eigenvalue weighted by Crippen LogP contribution is -2.30. The molecule has 1 atom stereocenters. The topological polar surface area (TPSA) is 41.5 Å². The maximum absolute atomic E-state index is 9.77. The van der Waals surface area contributed by atoms with Crippen LogP contribution in [0.15, 0.2) is 18.2 Å². The van der Waals surface area contributed by atoms with Crippen LogP contribution < -0.4 is 5.32 Å². The number of hydrogen-bond donors (Lipinski definition) is 2. The van der Waals surface area contributed by atoms with Crippen molar-refractivity contribution >= 4 is 28.9 Å². The van der Waals surface area contributed by atoms with E-state index in [-0.39, 0.29) is 12.2 Å². The van der Waals surface area contributed by atoms with Gasteiger partial charge in [-0.3, -0.25) is 0 Å². The molecule has 0 aliphatic rings. The molecule has 1 aromatic rings. The average molecular weight is 292 g/mol. The van der Waals surface area contributed by atoms with Crippen molar-refractivity contribution in [3.05, 3.63) is 28.2 Å². The van der Waals surface area contributed by atoms with E-state index < -0.39 is 6.10 Å². The predicted molar refractivity (Wildman–Crippen MR) is 76.7 cm³/mol. The number of nitrogens with one attached hydrogen (secondary N) is 1. The van der Waals surface area contributed by atoms with Gasteiger partial charge in [-0.1, -0.05) is 23.2 Å². The Morgan fingerprint density at radius 1 is 1.33 bits per heavy atom. The van der Waals surface area contributed by atoms with Gasteiger partial charge >= 0.3 is 0 Å². The third kappa shape index (κ3) is 5.91. The highest BCUT2D eigenvalue weighted by molar-refractivity contribution is 6.35. The highest BCUT2D eigenvalue weighted by Crippen LogP contribution is 2.25.